The summed E-state index contributed by atoms with van der Waals surface area (Å²) in [4.78, 5) is 16.5. The fourth-order valence-corrected chi connectivity index (χ4v) is 5.21. The van der Waals surface area contributed by atoms with Crippen LogP contribution in [0.25, 0.3) is 11.0 Å². The zero-order chi connectivity index (χ0) is 21.8. The molecule has 0 atom stereocenters. The third-order valence-electron chi connectivity index (χ3n) is 5.39. The van der Waals surface area contributed by atoms with E-state index in [0.717, 1.165) is 30.3 Å². The molecule has 0 bridgehead atoms. The van der Waals surface area contributed by atoms with Crippen molar-refractivity contribution >= 4 is 32.8 Å². The number of fused-ring (bicyclic) bond motifs is 1. The first-order valence-electron chi connectivity index (χ1n) is 10.5. The van der Waals surface area contributed by atoms with Crippen LogP contribution in [0.3, 0.4) is 0 Å². The van der Waals surface area contributed by atoms with Crippen LogP contribution < -0.4 is 5.32 Å². The predicted molar refractivity (Wildman–Crippen MR) is 117 cm³/mol. The Hall–Kier alpha value is -2.85. The highest BCUT2D eigenvalue weighted by Crippen LogP contribution is 2.23. The zero-order valence-corrected chi connectivity index (χ0v) is 18.3. The van der Waals surface area contributed by atoms with Crippen LogP contribution in [-0.2, 0) is 21.4 Å². The first-order chi connectivity index (χ1) is 14.9. The number of piperidine rings is 1. The van der Waals surface area contributed by atoms with Gasteiger partial charge in [-0.1, -0.05) is 17.7 Å². The van der Waals surface area contributed by atoms with Crippen molar-refractivity contribution < 1.29 is 13.2 Å². The van der Waals surface area contributed by atoms with E-state index in [1.165, 1.54) is 0 Å². The summed E-state index contributed by atoms with van der Waals surface area (Å²) >= 11 is 0. The molecule has 3 aromatic rings. The quantitative estimate of drug-likeness (QED) is 0.602. The van der Waals surface area contributed by atoms with Gasteiger partial charge in [-0.15, -0.1) is 5.10 Å². The van der Waals surface area contributed by atoms with Crippen molar-refractivity contribution in [3.63, 3.8) is 0 Å². The van der Waals surface area contributed by atoms with Gasteiger partial charge in [-0.05, 0) is 56.0 Å². The largest absolute Gasteiger partial charge is 0.311 e. The highest BCUT2D eigenvalue weighted by molar-refractivity contribution is 7.89. The molecule has 0 spiro atoms. The molecule has 1 aromatic carbocycles. The molecule has 4 rings (SSSR count). The molecule has 0 unspecified atom stereocenters. The minimum Gasteiger partial charge on any atom is -0.311 e. The maximum absolute atomic E-state index is 12.9. The van der Waals surface area contributed by atoms with Crippen LogP contribution in [0.15, 0.2) is 41.4 Å². The molecule has 1 aliphatic rings. The summed E-state index contributed by atoms with van der Waals surface area (Å²) in [6.45, 7) is 3.57. The summed E-state index contributed by atoms with van der Waals surface area (Å²) < 4.78 is 29.0. The maximum Gasteiger partial charge on any atom is 0.243 e. The number of nitrogens with one attached hydrogen (secondary N) is 1. The molecule has 1 aliphatic heterocycles. The summed E-state index contributed by atoms with van der Waals surface area (Å²) in [5.74, 6) is 0.417. The first-order valence-corrected chi connectivity index (χ1v) is 11.9. The Balaban J connectivity index is 1.38. The number of rotatable bonds is 7. The Morgan fingerprint density at radius 3 is 2.68 bits per heavy atom. The van der Waals surface area contributed by atoms with E-state index >= 15 is 0 Å². The summed E-state index contributed by atoms with van der Waals surface area (Å²) in [6, 6.07) is 8.60. The van der Waals surface area contributed by atoms with Crippen molar-refractivity contribution in [2.45, 2.75) is 50.5 Å². The summed E-state index contributed by atoms with van der Waals surface area (Å²) in [5, 5.41) is 11.0. The number of hydrogen-bond donors (Lipinski definition) is 1. The van der Waals surface area contributed by atoms with Crippen molar-refractivity contribution in [3.05, 3.63) is 42.1 Å². The standard InChI is InChI=1S/C21H26N6O3S/c1-16-7-10-20(22-15-16)23-21(28)6-5-13-27-19-9-8-17(14-18(19)24-25-27)31(29,30)26-11-3-2-4-12-26/h7-10,14-15H,2-6,11-13H2,1H3,(H,22,23,28). The topological polar surface area (TPSA) is 110 Å². The van der Waals surface area contributed by atoms with Crippen LogP contribution in [0, 0.1) is 6.92 Å². The Bertz CT molecular complexity index is 1170. The van der Waals surface area contributed by atoms with Gasteiger partial charge in [0.2, 0.25) is 15.9 Å². The Kier molecular flexibility index (Phi) is 6.28. The summed E-state index contributed by atoms with van der Waals surface area (Å²) in [5.41, 5.74) is 2.31. The Labute approximate surface area is 181 Å². The smallest absolute Gasteiger partial charge is 0.243 e. The van der Waals surface area contributed by atoms with E-state index in [1.54, 1.807) is 39.4 Å². The fourth-order valence-electron chi connectivity index (χ4n) is 3.67. The molecule has 1 N–H and O–H groups in total. The van der Waals surface area contributed by atoms with Crippen LogP contribution in [0.5, 0.6) is 0 Å². The lowest BCUT2D eigenvalue weighted by Gasteiger charge is -2.25. The molecule has 1 saturated heterocycles. The number of aryl methyl sites for hydroxylation is 2. The predicted octanol–water partition coefficient (Wildman–Crippen LogP) is 2.73. The second kappa shape index (κ2) is 9.11. The van der Waals surface area contributed by atoms with Gasteiger partial charge in [0.05, 0.1) is 10.4 Å². The molecule has 3 heterocycles. The molecule has 31 heavy (non-hydrogen) atoms. The number of carbonyl (C=O) groups is 1. The number of pyridine rings is 1. The maximum atomic E-state index is 12.9. The van der Waals surface area contributed by atoms with Crippen LogP contribution in [0.4, 0.5) is 5.82 Å². The molecule has 1 amide bonds. The number of aromatic nitrogens is 4. The number of amides is 1. The molecule has 0 saturated carbocycles. The number of nitrogens with zero attached hydrogens (tertiary/aromatic N) is 5. The number of benzene rings is 1. The van der Waals surface area contributed by atoms with E-state index in [-0.39, 0.29) is 10.8 Å². The lowest BCUT2D eigenvalue weighted by molar-refractivity contribution is -0.116. The number of hydrogen-bond acceptors (Lipinski definition) is 6. The van der Waals surface area contributed by atoms with E-state index < -0.39 is 10.0 Å². The van der Waals surface area contributed by atoms with Crippen LogP contribution in [-0.4, -0.2) is 51.7 Å². The first kappa shape index (κ1) is 21.4. The highest BCUT2D eigenvalue weighted by atomic mass is 32.2. The van der Waals surface area contributed by atoms with Gasteiger partial charge >= 0.3 is 0 Å². The number of sulfonamides is 1. The van der Waals surface area contributed by atoms with Gasteiger partial charge in [0.15, 0.2) is 0 Å². The van der Waals surface area contributed by atoms with Gasteiger partial charge in [-0.2, -0.15) is 4.31 Å². The molecule has 9 nitrogen and oxygen atoms in total. The third-order valence-corrected chi connectivity index (χ3v) is 7.29. The molecular formula is C21H26N6O3S. The Morgan fingerprint density at radius 1 is 1.13 bits per heavy atom. The van der Waals surface area contributed by atoms with Crippen LogP contribution in [0.1, 0.15) is 37.7 Å². The highest BCUT2D eigenvalue weighted by Gasteiger charge is 2.26. The minimum absolute atomic E-state index is 0.115. The number of carbonyl (C=O) groups excluding carboxylic acids is 1. The van der Waals surface area contributed by atoms with E-state index in [2.05, 4.69) is 20.6 Å². The average molecular weight is 443 g/mol. The second-order valence-corrected chi connectivity index (χ2v) is 9.74. The molecule has 0 radical (unpaired) electrons. The molecule has 2 aromatic heterocycles. The molecule has 1 fully saturated rings. The monoisotopic (exact) mass is 442 g/mol. The van der Waals surface area contributed by atoms with Gasteiger partial charge in [0.1, 0.15) is 11.3 Å². The average Bonchev–Trinajstić information content (AvgIpc) is 3.18. The van der Waals surface area contributed by atoms with Gasteiger partial charge < -0.3 is 5.32 Å². The van der Waals surface area contributed by atoms with Crippen LogP contribution in [0.2, 0.25) is 0 Å². The summed E-state index contributed by atoms with van der Waals surface area (Å²) in [6.07, 6.45) is 5.45. The van der Waals surface area contributed by atoms with E-state index in [1.807, 2.05) is 13.0 Å². The lowest BCUT2D eigenvalue weighted by Crippen LogP contribution is -2.35. The van der Waals surface area contributed by atoms with Crippen molar-refractivity contribution in [3.8, 4) is 0 Å². The fraction of sp³-hybridized carbons (Fsp3) is 0.429. The molecule has 164 valence electrons. The van der Waals surface area contributed by atoms with Gasteiger partial charge in [0.25, 0.3) is 0 Å². The van der Waals surface area contributed by atoms with Crippen molar-refractivity contribution in [1.82, 2.24) is 24.3 Å². The van der Waals surface area contributed by atoms with E-state index in [9.17, 15) is 13.2 Å². The second-order valence-electron chi connectivity index (χ2n) is 7.80. The van der Waals surface area contributed by atoms with E-state index in [4.69, 9.17) is 0 Å². The van der Waals surface area contributed by atoms with Gasteiger partial charge in [-0.3, -0.25) is 4.79 Å². The minimum atomic E-state index is -3.51. The zero-order valence-electron chi connectivity index (χ0n) is 17.5. The molecule has 10 heteroatoms. The van der Waals surface area contributed by atoms with Crippen molar-refractivity contribution in [1.29, 1.82) is 0 Å². The van der Waals surface area contributed by atoms with Crippen LogP contribution >= 0.6 is 0 Å². The normalized spacial score (nSPS) is 15.3. The summed E-state index contributed by atoms with van der Waals surface area (Å²) in [7, 11) is -3.51. The Morgan fingerprint density at radius 2 is 1.94 bits per heavy atom. The van der Waals surface area contributed by atoms with Gasteiger partial charge in [0, 0.05) is 32.3 Å². The SMILES string of the molecule is Cc1ccc(NC(=O)CCCn2nnc3cc(S(=O)(=O)N4CCCCC4)ccc32)nc1. The van der Waals surface area contributed by atoms with Gasteiger partial charge in [-0.25, -0.2) is 18.1 Å². The van der Waals surface area contributed by atoms with Crippen molar-refractivity contribution in [2.24, 2.45) is 0 Å². The lowest BCUT2D eigenvalue weighted by atomic mass is 10.2. The number of anilines is 1. The van der Waals surface area contributed by atoms with Crippen molar-refractivity contribution in [2.75, 3.05) is 18.4 Å². The van der Waals surface area contributed by atoms with E-state index in [0.29, 0.717) is 43.8 Å². The molecular weight excluding hydrogens is 416 g/mol. The third kappa shape index (κ3) is 4.91. The molecule has 0 aliphatic carbocycles.